The molecule has 2 aromatic rings. The lowest BCUT2D eigenvalue weighted by molar-refractivity contribution is -0.119. The highest BCUT2D eigenvalue weighted by atomic mass is 32.1. The van der Waals surface area contributed by atoms with Crippen LogP contribution in [0.1, 0.15) is 24.3 Å². The molecule has 0 bridgehead atoms. The van der Waals surface area contributed by atoms with Gasteiger partial charge >= 0.3 is 4.87 Å². The summed E-state index contributed by atoms with van der Waals surface area (Å²) in [6.07, 6.45) is 0. The molecule has 5 nitrogen and oxygen atoms in total. The molecular weight excluding hydrogens is 274 g/mol. The summed E-state index contributed by atoms with van der Waals surface area (Å²) in [6, 6.07) is 5.67. The van der Waals surface area contributed by atoms with Crippen molar-refractivity contribution >= 4 is 22.9 Å². The molecule has 20 heavy (non-hydrogen) atoms. The van der Waals surface area contributed by atoms with Crippen molar-refractivity contribution in [3.05, 3.63) is 38.3 Å². The Morgan fingerprint density at radius 3 is 2.60 bits per heavy atom. The molecule has 6 heteroatoms. The number of benzene rings is 1. The van der Waals surface area contributed by atoms with Gasteiger partial charge in [0.25, 0.3) is 0 Å². The number of hydrogen-bond donors (Lipinski definition) is 2. The zero-order valence-electron chi connectivity index (χ0n) is 11.5. The van der Waals surface area contributed by atoms with Crippen molar-refractivity contribution in [3.8, 4) is 11.3 Å². The average Bonchev–Trinajstić information content (AvgIpc) is 2.75. The summed E-state index contributed by atoms with van der Waals surface area (Å²) in [5, 5.41) is 2.86. The number of nitrogen functional groups attached to an aromatic ring is 1. The van der Waals surface area contributed by atoms with Crippen LogP contribution in [0.3, 0.4) is 0 Å². The molecule has 104 valence electrons. The first-order valence-electron chi connectivity index (χ1n) is 6.26. The Morgan fingerprint density at radius 1 is 1.30 bits per heavy atom. The minimum absolute atomic E-state index is 0.0168. The molecule has 0 fully saturated rings. The Balaban J connectivity index is 2.22. The second kappa shape index (κ2) is 3.96. The molecule has 0 saturated carbocycles. The lowest BCUT2D eigenvalue weighted by atomic mass is 9.85. The molecule has 1 aromatic carbocycles. The van der Waals surface area contributed by atoms with Crippen LogP contribution in [-0.2, 0) is 10.2 Å². The van der Waals surface area contributed by atoms with Gasteiger partial charge < -0.3 is 11.2 Å². The third-order valence-electron chi connectivity index (χ3n) is 3.79. The summed E-state index contributed by atoms with van der Waals surface area (Å²) in [7, 11) is 0. The van der Waals surface area contributed by atoms with Crippen LogP contribution in [-0.4, -0.2) is 10.6 Å². The van der Waals surface area contributed by atoms with Gasteiger partial charge in [0.2, 0.25) is 5.91 Å². The van der Waals surface area contributed by atoms with Gasteiger partial charge in [-0.1, -0.05) is 17.4 Å². The smallest absolute Gasteiger partial charge is 0.326 e. The molecule has 1 amide bonds. The van der Waals surface area contributed by atoms with Gasteiger partial charge in [0.1, 0.15) is 0 Å². The molecule has 3 N–H and O–H groups in total. The van der Waals surface area contributed by atoms with Crippen molar-refractivity contribution in [2.45, 2.75) is 26.2 Å². The van der Waals surface area contributed by atoms with Crippen LogP contribution in [0.15, 0.2) is 23.0 Å². The van der Waals surface area contributed by atoms with Gasteiger partial charge in [-0.3, -0.25) is 9.59 Å². The van der Waals surface area contributed by atoms with E-state index in [9.17, 15) is 9.59 Å². The van der Waals surface area contributed by atoms with Gasteiger partial charge in [0, 0.05) is 16.1 Å². The summed E-state index contributed by atoms with van der Waals surface area (Å²) in [5.41, 5.74) is 2.74. The molecule has 2 heterocycles. The maximum Gasteiger partial charge on any atom is 0.326 e. The predicted molar refractivity (Wildman–Crippen MR) is 80.6 cm³/mol. The van der Waals surface area contributed by atoms with Gasteiger partial charge in [-0.25, -0.2) is 4.68 Å². The standard InChI is InChI=1S/C14H15N3O2S/c1-7-11(17(15)13(19)20-7)8-4-5-10-9(6-8)14(2,3)12(18)16-10/h4-6H,15H2,1-3H3,(H,16,18). The number of rotatable bonds is 1. The Kier molecular flexibility index (Phi) is 2.56. The van der Waals surface area contributed by atoms with Gasteiger partial charge in [0.15, 0.2) is 0 Å². The van der Waals surface area contributed by atoms with Gasteiger partial charge in [0.05, 0.1) is 11.1 Å². The lowest BCUT2D eigenvalue weighted by Gasteiger charge is -2.16. The van der Waals surface area contributed by atoms with Crippen molar-refractivity contribution < 1.29 is 4.79 Å². The lowest BCUT2D eigenvalue weighted by Crippen LogP contribution is -2.27. The van der Waals surface area contributed by atoms with Gasteiger partial charge in [-0.15, -0.1) is 0 Å². The zero-order valence-corrected chi connectivity index (χ0v) is 12.3. The highest BCUT2D eigenvalue weighted by Gasteiger charge is 2.38. The van der Waals surface area contributed by atoms with Crippen molar-refractivity contribution in [2.24, 2.45) is 0 Å². The third kappa shape index (κ3) is 1.61. The van der Waals surface area contributed by atoms with Crippen LogP contribution in [0, 0.1) is 6.92 Å². The number of fused-ring (bicyclic) bond motifs is 1. The van der Waals surface area contributed by atoms with Gasteiger partial charge in [-0.05, 0) is 38.5 Å². The first kappa shape index (κ1) is 12.9. The molecule has 0 atom stereocenters. The van der Waals surface area contributed by atoms with Crippen LogP contribution in [0.4, 0.5) is 5.69 Å². The first-order valence-corrected chi connectivity index (χ1v) is 7.08. The molecular formula is C14H15N3O2S. The Morgan fingerprint density at radius 2 is 2.00 bits per heavy atom. The minimum atomic E-state index is -0.574. The molecule has 1 aromatic heterocycles. The van der Waals surface area contributed by atoms with Crippen molar-refractivity contribution in [2.75, 3.05) is 11.2 Å². The minimum Gasteiger partial charge on any atom is -0.335 e. The SMILES string of the molecule is Cc1sc(=O)n(N)c1-c1ccc2c(c1)C(C)(C)C(=O)N2. The van der Waals surface area contributed by atoms with Crippen molar-refractivity contribution in [1.29, 1.82) is 0 Å². The number of nitrogens with one attached hydrogen (secondary N) is 1. The second-order valence-electron chi connectivity index (χ2n) is 5.48. The number of carbonyl (C=O) groups is 1. The molecule has 3 rings (SSSR count). The molecule has 0 unspecified atom stereocenters. The molecule has 1 aliphatic rings. The number of aryl methyl sites for hydroxylation is 1. The number of carbonyl (C=O) groups excluding carboxylic acids is 1. The molecule has 0 spiro atoms. The fraction of sp³-hybridized carbons (Fsp3) is 0.286. The van der Waals surface area contributed by atoms with Crippen LogP contribution < -0.4 is 16.0 Å². The maximum atomic E-state index is 11.9. The van der Waals surface area contributed by atoms with E-state index in [1.807, 2.05) is 39.0 Å². The summed E-state index contributed by atoms with van der Waals surface area (Å²) in [5.74, 6) is 5.79. The van der Waals surface area contributed by atoms with E-state index in [1.54, 1.807) is 0 Å². The first-order chi connectivity index (χ1) is 9.32. The number of nitrogens with two attached hydrogens (primary N) is 1. The number of amides is 1. The fourth-order valence-electron chi connectivity index (χ4n) is 2.55. The topological polar surface area (TPSA) is 77.1 Å². The van der Waals surface area contributed by atoms with Crippen LogP contribution >= 0.6 is 11.3 Å². The number of thiazole rings is 1. The summed E-state index contributed by atoms with van der Waals surface area (Å²) < 4.78 is 1.17. The third-order valence-corrected chi connectivity index (χ3v) is 4.66. The van der Waals surface area contributed by atoms with Crippen LogP contribution in [0.25, 0.3) is 11.3 Å². The van der Waals surface area contributed by atoms with Crippen molar-refractivity contribution in [1.82, 2.24) is 4.68 Å². The molecule has 1 aliphatic heterocycles. The second-order valence-corrected chi connectivity index (χ2v) is 6.65. The molecule has 0 radical (unpaired) electrons. The molecule has 0 saturated heterocycles. The summed E-state index contributed by atoms with van der Waals surface area (Å²) in [4.78, 5) is 24.3. The quantitative estimate of drug-likeness (QED) is 0.786. The average molecular weight is 289 g/mol. The number of anilines is 1. The van der Waals surface area contributed by atoms with E-state index < -0.39 is 5.41 Å². The highest BCUT2D eigenvalue weighted by molar-refractivity contribution is 7.09. The Hall–Kier alpha value is -2.08. The monoisotopic (exact) mass is 289 g/mol. The zero-order chi connectivity index (χ0) is 14.7. The van der Waals surface area contributed by atoms with Crippen LogP contribution in [0.2, 0.25) is 0 Å². The van der Waals surface area contributed by atoms with E-state index in [-0.39, 0.29) is 10.8 Å². The number of nitrogens with zero attached hydrogens (tertiary/aromatic N) is 1. The number of aromatic nitrogens is 1. The van der Waals surface area contributed by atoms with E-state index in [0.717, 1.165) is 33.0 Å². The summed E-state index contributed by atoms with van der Waals surface area (Å²) in [6.45, 7) is 5.63. The van der Waals surface area contributed by atoms with E-state index in [0.29, 0.717) is 5.69 Å². The van der Waals surface area contributed by atoms with E-state index >= 15 is 0 Å². The van der Waals surface area contributed by atoms with E-state index in [2.05, 4.69) is 5.32 Å². The van der Waals surface area contributed by atoms with Crippen molar-refractivity contribution in [3.63, 3.8) is 0 Å². The predicted octanol–water partition coefficient (Wildman–Crippen LogP) is 1.83. The van der Waals surface area contributed by atoms with E-state index in [1.165, 1.54) is 4.68 Å². The Bertz CT molecular complexity index is 786. The van der Waals surface area contributed by atoms with E-state index in [4.69, 9.17) is 5.84 Å². The Labute approximate surface area is 120 Å². The fourth-order valence-corrected chi connectivity index (χ4v) is 3.31. The maximum absolute atomic E-state index is 11.9. The highest BCUT2D eigenvalue weighted by Crippen LogP contribution is 2.39. The number of hydrogen-bond acceptors (Lipinski definition) is 4. The summed E-state index contributed by atoms with van der Waals surface area (Å²) >= 11 is 1.12. The van der Waals surface area contributed by atoms with Crippen LogP contribution in [0.5, 0.6) is 0 Å². The normalized spacial score (nSPS) is 16.1. The largest absolute Gasteiger partial charge is 0.335 e. The van der Waals surface area contributed by atoms with Gasteiger partial charge in [-0.2, -0.15) is 0 Å². The molecule has 0 aliphatic carbocycles.